The van der Waals surface area contributed by atoms with E-state index in [4.69, 9.17) is 4.74 Å². The fourth-order valence-electron chi connectivity index (χ4n) is 0.958. The molecule has 0 aliphatic carbocycles. The Balaban J connectivity index is 0.000000112. The van der Waals surface area contributed by atoms with Crippen molar-refractivity contribution in [2.75, 3.05) is 39.4 Å². The molecular weight excluding hydrogens is 142 g/mol. The molecule has 4 nitrogen and oxygen atoms in total. The molecule has 0 atom stereocenters. The fraction of sp³-hybridized carbons (Fsp3) is 1.00. The van der Waals surface area contributed by atoms with Crippen LogP contribution >= 0.6 is 0 Å². The minimum Gasteiger partial charge on any atom is -0.379 e. The van der Waals surface area contributed by atoms with E-state index in [-0.39, 0.29) is 0 Å². The Labute approximate surface area is 67.7 Å². The van der Waals surface area contributed by atoms with Crippen LogP contribution in [0.3, 0.4) is 0 Å². The lowest BCUT2D eigenvalue weighted by molar-refractivity contribution is 0.109. The molecule has 3 N–H and O–H groups in total. The van der Waals surface area contributed by atoms with Gasteiger partial charge in [0.2, 0.25) is 0 Å². The van der Waals surface area contributed by atoms with Gasteiger partial charge in [0.15, 0.2) is 0 Å². The molecule has 66 valence electrons. The second kappa shape index (κ2) is 6.54. The van der Waals surface area contributed by atoms with Crippen molar-refractivity contribution < 1.29 is 4.74 Å². The first kappa shape index (κ1) is 8.93. The van der Waals surface area contributed by atoms with Crippen LogP contribution in [-0.4, -0.2) is 39.4 Å². The highest BCUT2D eigenvalue weighted by Gasteiger charge is 1.93. The van der Waals surface area contributed by atoms with E-state index in [2.05, 4.69) is 16.2 Å². The van der Waals surface area contributed by atoms with Gasteiger partial charge in [-0.15, -0.1) is 0 Å². The third-order valence-electron chi connectivity index (χ3n) is 1.57. The summed E-state index contributed by atoms with van der Waals surface area (Å²) in [5.41, 5.74) is 5.94. The second-order valence-corrected chi connectivity index (χ2v) is 2.57. The molecule has 2 aliphatic rings. The van der Waals surface area contributed by atoms with Crippen LogP contribution < -0.4 is 16.2 Å². The fourth-order valence-corrected chi connectivity index (χ4v) is 0.958. The molecule has 0 aromatic heterocycles. The molecule has 4 heteroatoms. The van der Waals surface area contributed by atoms with E-state index in [9.17, 15) is 0 Å². The molecule has 2 fully saturated rings. The molecule has 0 radical (unpaired) electrons. The minimum atomic E-state index is 0.889. The number of morpholine rings is 1. The van der Waals surface area contributed by atoms with Crippen molar-refractivity contribution in [1.82, 2.24) is 16.2 Å². The second-order valence-electron chi connectivity index (χ2n) is 2.57. The number of rotatable bonds is 0. The standard InChI is InChI=1S/C4H9NO.C3H8N2/c1-3-6-4-2-5-1;1-2-4-5-3-1/h5H,1-4H2;4-5H,1-3H2. The molecule has 2 rings (SSSR count). The van der Waals surface area contributed by atoms with Crippen LogP contribution in [0, 0.1) is 0 Å². The molecule has 0 saturated carbocycles. The van der Waals surface area contributed by atoms with E-state index in [1.807, 2.05) is 0 Å². The third kappa shape index (κ3) is 5.15. The Morgan fingerprint density at radius 2 is 1.45 bits per heavy atom. The van der Waals surface area contributed by atoms with E-state index in [1.165, 1.54) is 6.42 Å². The summed E-state index contributed by atoms with van der Waals surface area (Å²) in [5.74, 6) is 0. The number of nitrogens with one attached hydrogen (secondary N) is 3. The molecule has 2 aliphatic heterocycles. The Morgan fingerprint density at radius 3 is 1.64 bits per heavy atom. The van der Waals surface area contributed by atoms with E-state index < -0.39 is 0 Å². The van der Waals surface area contributed by atoms with Crippen molar-refractivity contribution in [3.05, 3.63) is 0 Å². The monoisotopic (exact) mass is 159 g/mol. The first-order valence-corrected chi connectivity index (χ1v) is 4.24. The van der Waals surface area contributed by atoms with Gasteiger partial charge in [-0.25, -0.2) is 0 Å². The SMILES string of the molecule is C1CNNC1.C1COCCN1. The summed E-state index contributed by atoms with van der Waals surface area (Å²) >= 11 is 0. The van der Waals surface area contributed by atoms with Gasteiger partial charge in [-0.3, -0.25) is 10.9 Å². The van der Waals surface area contributed by atoms with Gasteiger partial charge in [0.05, 0.1) is 13.2 Å². The summed E-state index contributed by atoms with van der Waals surface area (Å²) in [6.07, 6.45) is 1.28. The summed E-state index contributed by atoms with van der Waals surface area (Å²) in [5, 5.41) is 3.16. The number of hydrogen-bond acceptors (Lipinski definition) is 4. The van der Waals surface area contributed by atoms with Gasteiger partial charge in [0.25, 0.3) is 0 Å². The lowest BCUT2D eigenvalue weighted by Crippen LogP contribution is -2.30. The summed E-state index contributed by atoms with van der Waals surface area (Å²) in [4.78, 5) is 0. The minimum absolute atomic E-state index is 0.889. The van der Waals surface area contributed by atoms with Crippen LogP contribution in [0.25, 0.3) is 0 Å². The van der Waals surface area contributed by atoms with Crippen molar-refractivity contribution in [2.24, 2.45) is 0 Å². The predicted molar refractivity (Wildman–Crippen MR) is 44.3 cm³/mol. The van der Waals surface area contributed by atoms with Gasteiger partial charge < -0.3 is 10.1 Å². The summed E-state index contributed by atoms with van der Waals surface area (Å²) in [6.45, 7) is 6.11. The smallest absolute Gasteiger partial charge is 0.0591 e. The van der Waals surface area contributed by atoms with Crippen LogP contribution in [0.1, 0.15) is 6.42 Å². The maximum absolute atomic E-state index is 5.01. The van der Waals surface area contributed by atoms with Gasteiger partial charge in [-0.05, 0) is 6.42 Å². The highest BCUT2D eigenvalue weighted by atomic mass is 16.5. The van der Waals surface area contributed by atoms with Gasteiger partial charge >= 0.3 is 0 Å². The quantitative estimate of drug-likeness (QED) is 0.428. The summed E-state index contributed by atoms with van der Waals surface area (Å²) in [7, 11) is 0. The zero-order chi connectivity index (χ0) is 7.78. The topological polar surface area (TPSA) is 45.3 Å². The number of hydrogen-bond donors (Lipinski definition) is 3. The first-order chi connectivity index (χ1) is 5.50. The Hall–Kier alpha value is -0.160. The Morgan fingerprint density at radius 1 is 0.818 bits per heavy atom. The van der Waals surface area contributed by atoms with Gasteiger partial charge in [0.1, 0.15) is 0 Å². The molecule has 11 heavy (non-hydrogen) atoms. The lowest BCUT2D eigenvalue weighted by atomic mass is 10.5. The van der Waals surface area contributed by atoms with Gasteiger partial charge in [-0.1, -0.05) is 0 Å². The van der Waals surface area contributed by atoms with Gasteiger partial charge in [-0.2, -0.15) is 0 Å². The van der Waals surface area contributed by atoms with Crippen LogP contribution in [0.15, 0.2) is 0 Å². The molecule has 0 aromatic rings. The maximum Gasteiger partial charge on any atom is 0.0591 e. The largest absolute Gasteiger partial charge is 0.379 e. The molecule has 2 heterocycles. The van der Waals surface area contributed by atoms with E-state index in [0.29, 0.717) is 0 Å². The van der Waals surface area contributed by atoms with Crippen LogP contribution in [0.5, 0.6) is 0 Å². The van der Waals surface area contributed by atoms with E-state index in [0.717, 1.165) is 39.4 Å². The van der Waals surface area contributed by atoms with Crippen molar-refractivity contribution >= 4 is 0 Å². The number of hydrazine groups is 1. The van der Waals surface area contributed by atoms with Crippen molar-refractivity contribution in [2.45, 2.75) is 6.42 Å². The average Bonchev–Trinajstić information content (AvgIpc) is 2.64. The number of ether oxygens (including phenoxy) is 1. The Kier molecular flexibility index (Phi) is 5.31. The highest BCUT2D eigenvalue weighted by molar-refractivity contribution is 4.51. The zero-order valence-electron chi connectivity index (χ0n) is 6.86. The van der Waals surface area contributed by atoms with Gasteiger partial charge in [0, 0.05) is 26.2 Å². The van der Waals surface area contributed by atoms with Crippen LogP contribution in [0.2, 0.25) is 0 Å². The summed E-state index contributed by atoms with van der Waals surface area (Å²) < 4.78 is 5.01. The van der Waals surface area contributed by atoms with Crippen LogP contribution in [-0.2, 0) is 4.74 Å². The Bertz CT molecular complexity index is 62.6. The van der Waals surface area contributed by atoms with E-state index in [1.54, 1.807) is 0 Å². The molecule has 0 spiro atoms. The zero-order valence-corrected chi connectivity index (χ0v) is 6.86. The highest BCUT2D eigenvalue weighted by Crippen LogP contribution is 1.76. The maximum atomic E-state index is 5.01. The predicted octanol–water partition coefficient (Wildman–Crippen LogP) is -0.909. The van der Waals surface area contributed by atoms with Crippen molar-refractivity contribution in [3.8, 4) is 0 Å². The average molecular weight is 159 g/mol. The molecule has 0 amide bonds. The molecule has 0 unspecified atom stereocenters. The molecule has 0 aromatic carbocycles. The molecule has 2 saturated heterocycles. The van der Waals surface area contributed by atoms with E-state index >= 15 is 0 Å². The third-order valence-corrected chi connectivity index (χ3v) is 1.57. The molecule has 0 bridgehead atoms. The summed E-state index contributed by atoms with van der Waals surface area (Å²) in [6, 6.07) is 0. The van der Waals surface area contributed by atoms with Crippen LogP contribution in [0.4, 0.5) is 0 Å². The normalized spacial score (nSPS) is 24.0. The van der Waals surface area contributed by atoms with Crippen molar-refractivity contribution in [3.63, 3.8) is 0 Å². The molecular formula is C7H17N3O. The van der Waals surface area contributed by atoms with Crippen molar-refractivity contribution in [1.29, 1.82) is 0 Å². The lowest BCUT2D eigenvalue weighted by Gasteiger charge is -2.10. The first-order valence-electron chi connectivity index (χ1n) is 4.24.